The summed E-state index contributed by atoms with van der Waals surface area (Å²) in [5, 5.41) is 2.57. The van der Waals surface area contributed by atoms with Crippen molar-refractivity contribution in [3.05, 3.63) is 30.3 Å². The Morgan fingerprint density at radius 3 is 2.37 bits per heavy atom. The van der Waals surface area contributed by atoms with E-state index >= 15 is 0 Å². The molecule has 208 valence electrons. The van der Waals surface area contributed by atoms with Gasteiger partial charge in [0, 0.05) is 31.1 Å². The minimum Gasteiger partial charge on any atom is -0.453 e. The molecule has 1 aliphatic carbocycles. The molecule has 1 aromatic carbocycles. The summed E-state index contributed by atoms with van der Waals surface area (Å²) >= 11 is 0. The third kappa shape index (κ3) is 8.13. The first-order valence-corrected chi connectivity index (χ1v) is 13.6. The average Bonchev–Trinajstić information content (AvgIpc) is 3.14. The van der Waals surface area contributed by atoms with Crippen LogP contribution in [0.25, 0.3) is 0 Å². The van der Waals surface area contributed by atoms with Crippen LogP contribution in [-0.4, -0.2) is 54.3 Å². The van der Waals surface area contributed by atoms with Crippen LogP contribution >= 0.6 is 0 Å². The highest BCUT2D eigenvalue weighted by Gasteiger charge is 2.49. The Morgan fingerprint density at radius 1 is 1.08 bits per heavy atom. The summed E-state index contributed by atoms with van der Waals surface area (Å²) in [6.07, 6.45) is 4.37. The topological polar surface area (TPSA) is 119 Å². The number of esters is 1. The second kappa shape index (κ2) is 13.0. The number of cyclic esters (lactones) is 1. The third-order valence-corrected chi connectivity index (χ3v) is 6.97. The number of amides is 2. The molecule has 3 rings (SSSR count). The number of nitrogens with zero attached hydrogens (tertiary/aromatic N) is 1. The van der Waals surface area contributed by atoms with Crippen molar-refractivity contribution >= 4 is 35.2 Å². The van der Waals surface area contributed by atoms with Gasteiger partial charge in [0.25, 0.3) is 0 Å². The number of ether oxygens (including phenoxy) is 2. The van der Waals surface area contributed by atoms with Gasteiger partial charge in [0.2, 0.25) is 5.91 Å². The highest BCUT2D eigenvalue weighted by Crippen LogP contribution is 2.32. The summed E-state index contributed by atoms with van der Waals surface area (Å²) < 4.78 is 10.6. The Morgan fingerprint density at radius 2 is 1.74 bits per heavy atom. The normalized spacial score (nSPS) is 20.9. The number of Topliss-reactive ketones (excluding diaryl/α,β-unsaturated/α-hetero) is 2. The zero-order valence-electron chi connectivity index (χ0n) is 22.9. The lowest BCUT2D eigenvalue weighted by Gasteiger charge is -2.26. The highest BCUT2D eigenvalue weighted by molar-refractivity contribution is 6.22. The van der Waals surface area contributed by atoms with Crippen LogP contribution in [0.2, 0.25) is 0 Å². The SMILES string of the molecule is CC(CN(C(=O)CCNC(=O)OC(C)(C)C)c1ccccc1)C(=O)C1C(=O)OC(CC2CCCCC2)C1=O. The van der Waals surface area contributed by atoms with Gasteiger partial charge in [-0.1, -0.05) is 57.2 Å². The van der Waals surface area contributed by atoms with Crippen molar-refractivity contribution in [1.82, 2.24) is 5.32 Å². The van der Waals surface area contributed by atoms with E-state index in [1.165, 1.54) is 11.3 Å². The second-order valence-electron chi connectivity index (χ2n) is 11.3. The third-order valence-electron chi connectivity index (χ3n) is 6.97. The summed E-state index contributed by atoms with van der Waals surface area (Å²) in [6.45, 7) is 6.89. The van der Waals surface area contributed by atoms with Crippen molar-refractivity contribution in [1.29, 1.82) is 0 Å². The van der Waals surface area contributed by atoms with Crippen molar-refractivity contribution < 1.29 is 33.4 Å². The summed E-state index contributed by atoms with van der Waals surface area (Å²) in [5.74, 6) is -4.00. The van der Waals surface area contributed by atoms with Crippen LogP contribution in [0.3, 0.4) is 0 Å². The predicted octanol–water partition coefficient (Wildman–Crippen LogP) is 4.22. The largest absolute Gasteiger partial charge is 0.453 e. The molecule has 1 aromatic rings. The van der Waals surface area contributed by atoms with Gasteiger partial charge in [0.05, 0.1) is 0 Å². The number of ketones is 2. The molecular formula is C29H40N2O7. The Balaban J connectivity index is 1.63. The molecule has 9 nitrogen and oxygen atoms in total. The standard InChI is InChI=1S/C29H40N2O7/c1-19(25(33)24-26(34)22(37-27(24)35)17-20-11-7-5-8-12-20)18-31(21-13-9-6-10-14-21)23(32)15-16-30-28(36)38-29(2,3)4/h6,9-10,13-14,19-20,22,24H,5,7-8,11-12,15-18H2,1-4H3,(H,30,36). The quantitative estimate of drug-likeness (QED) is 0.357. The Bertz CT molecular complexity index is 1010. The molecule has 1 saturated carbocycles. The van der Waals surface area contributed by atoms with Gasteiger partial charge in [0.1, 0.15) is 5.60 Å². The van der Waals surface area contributed by atoms with E-state index in [4.69, 9.17) is 9.47 Å². The van der Waals surface area contributed by atoms with Crippen molar-refractivity contribution in [3.8, 4) is 0 Å². The van der Waals surface area contributed by atoms with E-state index in [1.54, 1.807) is 52.0 Å². The number of anilines is 1. The smallest absolute Gasteiger partial charge is 0.407 e. The van der Waals surface area contributed by atoms with Crippen molar-refractivity contribution in [3.63, 3.8) is 0 Å². The first kappa shape index (κ1) is 29.3. The Labute approximate surface area is 224 Å². The lowest BCUT2D eigenvalue weighted by molar-refractivity contribution is -0.147. The van der Waals surface area contributed by atoms with E-state index in [2.05, 4.69) is 5.32 Å². The zero-order valence-corrected chi connectivity index (χ0v) is 22.9. The molecule has 0 aromatic heterocycles. The summed E-state index contributed by atoms with van der Waals surface area (Å²) in [4.78, 5) is 65.4. The van der Waals surface area contributed by atoms with Gasteiger partial charge in [-0.15, -0.1) is 0 Å². The number of carbonyl (C=O) groups is 5. The van der Waals surface area contributed by atoms with E-state index in [-0.39, 0.29) is 25.4 Å². The molecule has 9 heteroatoms. The van der Waals surface area contributed by atoms with Crippen LogP contribution in [0.5, 0.6) is 0 Å². The minimum absolute atomic E-state index is 0.0154. The molecule has 1 aliphatic heterocycles. The van der Waals surface area contributed by atoms with Crippen LogP contribution in [0.1, 0.15) is 72.6 Å². The molecule has 2 amide bonds. The molecule has 1 N–H and O–H groups in total. The highest BCUT2D eigenvalue weighted by atomic mass is 16.6. The number of carbonyl (C=O) groups excluding carboxylic acids is 5. The van der Waals surface area contributed by atoms with Gasteiger partial charge in [-0.05, 0) is 45.2 Å². The van der Waals surface area contributed by atoms with Gasteiger partial charge < -0.3 is 19.7 Å². The van der Waals surface area contributed by atoms with Crippen LogP contribution in [-0.2, 0) is 28.7 Å². The molecule has 0 bridgehead atoms. The van der Waals surface area contributed by atoms with E-state index in [0.717, 1.165) is 25.7 Å². The number of hydrogen-bond acceptors (Lipinski definition) is 7. The number of para-hydroxylation sites is 1. The molecule has 1 heterocycles. The molecule has 2 aliphatic rings. The molecule has 2 fully saturated rings. The minimum atomic E-state index is -1.44. The molecule has 0 spiro atoms. The molecule has 3 unspecified atom stereocenters. The zero-order chi connectivity index (χ0) is 27.9. The summed E-state index contributed by atoms with van der Waals surface area (Å²) in [5.41, 5.74) is -0.0845. The van der Waals surface area contributed by atoms with E-state index in [9.17, 15) is 24.0 Å². The summed E-state index contributed by atoms with van der Waals surface area (Å²) in [6, 6.07) is 8.84. The maximum absolute atomic E-state index is 13.3. The Hall–Kier alpha value is -3.23. The number of nitrogens with one attached hydrogen (secondary N) is 1. The number of benzene rings is 1. The monoisotopic (exact) mass is 528 g/mol. The maximum atomic E-state index is 13.3. The predicted molar refractivity (Wildman–Crippen MR) is 141 cm³/mol. The van der Waals surface area contributed by atoms with Crippen LogP contribution < -0.4 is 10.2 Å². The fourth-order valence-electron chi connectivity index (χ4n) is 5.04. The van der Waals surface area contributed by atoms with Crippen LogP contribution in [0.4, 0.5) is 10.5 Å². The van der Waals surface area contributed by atoms with Gasteiger partial charge in [-0.3, -0.25) is 19.2 Å². The lowest BCUT2D eigenvalue weighted by atomic mass is 9.83. The maximum Gasteiger partial charge on any atom is 0.407 e. The van der Waals surface area contributed by atoms with Gasteiger partial charge in [-0.2, -0.15) is 0 Å². The van der Waals surface area contributed by atoms with Gasteiger partial charge in [0.15, 0.2) is 23.6 Å². The number of rotatable bonds is 10. The Kier molecular flexibility index (Phi) is 10.1. The van der Waals surface area contributed by atoms with Crippen LogP contribution in [0.15, 0.2) is 30.3 Å². The van der Waals surface area contributed by atoms with E-state index in [0.29, 0.717) is 18.0 Å². The molecular weight excluding hydrogens is 488 g/mol. The fraction of sp³-hybridized carbons (Fsp3) is 0.621. The van der Waals surface area contributed by atoms with Crippen molar-refractivity contribution in [2.24, 2.45) is 17.8 Å². The second-order valence-corrected chi connectivity index (χ2v) is 11.3. The van der Waals surface area contributed by atoms with Gasteiger partial charge >= 0.3 is 12.1 Å². The number of alkyl carbamates (subject to hydrolysis) is 1. The molecule has 3 atom stereocenters. The first-order chi connectivity index (χ1) is 18.0. The van der Waals surface area contributed by atoms with Crippen LogP contribution in [0, 0.1) is 17.8 Å². The molecule has 38 heavy (non-hydrogen) atoms. The first-order valence-electron chi connectivity index (χ1n) is 13.6. The van der Waals surface area contributed by atoms with Crippen molar-refractivity contribution in [2.45, 2.75) is 84.3 Å². The average molecular weight is 529 g/mol. The van der Waals surface area contributed by atoms with Gasteiger partial charge in [-0.25, -0.2) is 4.79 Å². The van der Waals surface area contributed by atoms with Crippen molar-refractivity contribution in [2.75, 3.05) is 18.0 Å². The fourth-order valence-corrected chi connectivity index (χ4v) is 5.04. The molecule has 1 saturated heterocycles. The molecule has 0 radical (unpaired) electrons. The number of hydrogen-bond donors (Lipinski definition) is 1. The van der Waals surface area contributed by atoms with E-state index < -0.39 is 47.2 Å². The van der Waals surface area contributed by atoms with E-state index in [1.807, 2.05) is 6.07 Å². The lowest BCUT2D eigenvalue weighted by Crippen LogP contribution is -2.42. The summed E-state index contributed by atoms with van der Waals surface area (Å²) in [7, 11) is 0.